The van der Waals surface area contributed by atoms with Crippen molar-refractivity contribution in [2.45, 2.75) is 10.1 Å². The molecular formula is C8H6Cl2N4S2. The highest BCUT2D eigenvalue weighted by Crippen LogP contribution is 2.28. The molecule has 0 spiro atoms. The van der Waals surface area contributed by atoms with Crippen LogP contribution in [0.4, 0.5) is 5.13 Å². The van der Waals surface area contributed by atoms with Crippen LogP contribution in [0.3, 0.4) is 0 Å². The molecule has 0 atom stereocenters. The second-order valence-corrected chi connectivity index (χ2v) is 5.82. The predicted octanol–water partition coefficient (Wildman–Crippen LogP) is 3.11. The molecular weight excluding hydrogens is 287 g/mol. The van der Waals surface area contributed by atoms with Crippen LogP contribution in [0, 0.1) is 0 Å². The SMILES string of the molecule is Nc1nnc(SCc2cc(Cl)nc(Cl)c2)s1. The molecule has 0 bridgehead atoms. The molecule has 2 rings (SSSR count). The molecule has 8 heteroatoms. The second-order valence-electron chi connectivity index (χ2n) is 2.82. The van der Waals surface area contributed by atoms with E-state index >= 15 is 0 Å². The Morgan fingerprint density at radius 1 is 1.25 bits per heavy atom. The van der Waals surface area contributed by atoms with Crippen molar-refractivity contribution in [1.29, 1.82) is 0 Å². The molecule has 0 fully saturated rings. The van der Waals surface area contributed by atoms with Crippen molar-refractivity contribution >= 4 is 51.4 Å². The van der Waals surface area contributed by atoms with Crippen LogP contribution in [0.15, 0.2) is 16.5 Å². The Morgan fingerprint density at radius 2 is 1.94 bits per heavy atom. The number of thioether (sulfide) groups is 1. The summed E-state index contributed by atoms with van der Waals surface area (Å²) in [5.41, 5.74) is 6.46. The first-order valence-electron chi connectivity index (χ1n) is 4.17. The van der Waals surface area contributed by atoms with E-state index in [9.17, 15) is 0 Å². The quantitative estimate of drug-likeness (QED) is 0.695. The fourth-order valence-electron chi connectivity index (χ4n) is 1.02. The molecule has 0 aliphatic carbocycles. The number of hydrogen-bond acceptors (Lipinski definition) is 6. The summed E-state index contributed by atoms with van der Waals surface area (Å²) in [6.45, 7) is 0. The van der Waals surface area contributed by atoms with Gasteiger partial charge in [-0.25, -0.2) is 4.98 Å². The largest absolute Gasteiger partial charge is 0.374 e. The van der Waals surface area contributed by atoms with E-state index in [1.54, 1.807) is 12.1 Å². The summed E-state index contributed by atoms with van der Waals surface area (Å²) in [7, 11) is 0. The number of rotatable bonds is 3. The van der Waals surface area contributed by atoms with Crippen LogP contribution in [0.1, 0.15) is 5.56 Å². The van der Waals surface area contributed by atoms with Crippen LogP contribution < -0.4 is 5.73 Å². The van der Waals surface area contributed by atoms with E-state index in [1.165, 1.54) is 23.1 Å². The van der Waals surface area contributed by atoms with Gasteiger partial charge >= 0.3 is 0 Å². The molecule has 0 saturated carbocycles. The maximum absolute atomic E-state index is 5.79. The summed E-state index contributed by atoms with van der Waals surface area (Å²) in [4.78, 5) is 3.87. The van der Waals surface area contributed by atoms with Crippen molar-refractivity contribution < 1.29 is 0 Å². The molecule has 0 unspecified atom stereocenters. The number of halogens is 2. The lowest BCUT2D eigenvalue weighted by Crippen LogP contribution is -1.84. The van der Waals surface area contributed by atoms with E-state index in [-0.39, 0.29) is 0 Å². The number of pyridine rings is 1. The van der Waals surface area contributed by atoms with Gasteiger partial charge in [0.05, 0.1) is 0 Å². The lowest BCUT2D eigenvalue weighted by molar-refractivity contribution is 1.02. The Kier molecular flexibility index (Phi) is 3.86. The third-order valence-electron chi connectivity index (χ3n) is 1.61. The van der Waals surface area contributed by atoms with Crippen LogP contribution in [-0.4, -0.2) is 15.2 Å². The van der Waals surface area contributed by atoms with Crippen molar-refractivity contribution in [1.82, 2.24) is 15.2 Å². The van der Waals surface area contributed by atoms with E-state index in [2.05, 4.69) is 15.2 Å². The molecule has 2 aromatic heterocycles. The van der Waals surface area contributed by atoms with Crippen LogP contribution in [0.2, 0.25) is 10.3 Å². The Labute approximate surface area is 110 Å². The molecule has 84 valence electrons. The first-order chi connectivity index (χ1) is 7.63. The Morgan fingerprint density at radius 3 is 2.50 bits per heavy atom. The minimum absolute atomic E-state index is 0.389. The molecule has 0 radical (unpaired) electrons. The molecule has 16 heavy (non-hydrogen) atoms. The maximum Gasteiger partial charge on any atom is 0.203 e. The van der Waals surface area contributed by atoms with E-state index in [0.717, 1.165) is 9.90 Å². The van der Waals surface area contributed by atoms with Gasteiger partial charge in [0.25, 0.3) is 0 Å². The lowest BCUT2D eigenvalue weighted by atomic mass is 10.3. The van der Waals surface area contributed by atoms with Crippen molar-refractivity contribution in [3.8, 4) is 0 Å². The Bertz CT molecular complexity index is 482. The summed E-state index contributed by atoms with van der Waals surface area (Å²) in [6, 6.07) is 3.54. The van der Waals surface area contributed by atoms with Crippen molar-refractivity contribution in [2.24, 2.45) is 0 Å². The van der Waals surface area contributed by atoms with Gasteiger partial charge in [-0.1, -0.05) is 46.3 Å². The van der Waals surface area contributed by atoms with Crippen molar-refractivity contribution in [3.05, 3.63) is 28.0 Å². The van der Waals surface area contributed by atoms with E-state index in [1.807, 2.05) is 0 Å². The summed E-state index contributed by atoms with van der Waals surface area (Å²) < 4.78 is 0.821. The van der Waals surface area contributed by atoms with Crippen molar-refractivity contribution in [2.75, 3.05) is 5.73 Å². The summed E-state index contributed by atoms with van der Waals surface area (Å²) in [6.07, 6.45) is 0. The molecule has 0 aliphatic rings. The predicted molar refractivity (Wildman–Crippen MR) is 68.1 cm³/mol. The van der Waals surface area contributed by atoms with Gasteiger partial charge in [0.15, 0.2) is 4.34 Å². The van der Waals surface area contributed by atoms with E-state index in [4.69, 9.17) is 28.9 Å². The topological polar surface area (TPSA) is 64.7 Å². The van der Waals surface area contributed by atoms with Gasteiger partial charge in [0, 0.05) is 5.75 Å². The van der Waals surface area contributed by atoms with E-state index < -0.39 is 0 Å². The van der Waals surface area contributed by atoms with Gasteiger partial charge in [-0.15, -0.1) is 10.2 Å². The zero-order chi connectivity index (χ0) is 11.5. The number of nitrogens with two attached hydrogens (primary N) is 1. The molecule has 0 amide bonds. The highest BCUT2D eigenvalue weighted by molar-refractivity contribution is 8.00. The van der Waals surface area contributed by atoms with E-state index in [0.29, 0.717) is 21.2 Å². The number of aromatic nitrogens is 3. The van der Waals surface area contributed by atoms with Crippen molar-refractivity contribution in [3.63, 3.8) is 0 Å². The number of nitrogen functional groups attached to an aromatic ring is 1. The van der Waals surface area contributed by atoms with Crippen LogP contribution in [0.5, 0.6) is 0 Å². The number of nitrogens with zero attached hydrogens (tertiary/aromatic N) is 3. The fraction of sp³-hybridized carbons (Fsp3) is 0.125. The molecule has 2 aromatic rings. The van der Waals surface area contributed by atoms with Gasteiger partial charge in [0.1, 0.15) is 10.3 Å². The number of hydrogen-bond donors (Lipinski definition) is 1. The van der Waals surface area contributed by atoms with Gasteiger partial charge in [0.2, 0.25) is 5.13 Å². The molecule has 2 N–H and O–H groups in total. The zero-order valence-corrected chi connectivity index (χ0v) is 11.0. The Balaban J connectivity index is 2.04. The molecule has 0 aromatic carbocycles. The third-order valence-corrected chi connectivity index (χ3v) is 3.95. The first kappa shape index (κ1) is 11.9. The van der Waals surface area contributed by atoms with Crippen LogP contribution in [0.25, 0.3) is 0 Å². The zero-order valence-electron chi connectivity index (χ0n) is 7.85. The fourth-order valence-corrected chi connectivity index (χ4v) is 3.09. The smallest absolute Gasteiger partial charge is 0.203 e. The van der Waals surface area contributed by atoms with Gasteiger partial charge in [-0.05, 0) is 17.7 Å². The second kappa shape index (κ2) is 5.18. The summed E-state index contributed by atoms with van der Waals surface area (Å²) in [5.74, 6) is 0.705. The monoisotopic (exact) mass is 292 g/mol. The third kappa shape index (κ3) is 3.21. The first-order valence-corrected chi connectivity index (χ1v) is 6.73. The molecule has 0 saturated heterocycles. The highest BCUT2D eigenvalue weighted by atomic mass is 35.5. The van der Waals surface area contributed by atoms with Gasteiger partial charge in [-0.3, -0.25) is 0 Å². The highest BCUT2D eigenvalue weighted by Gasteiger charge is 2.04. The molecule has 4 nitrogen and oxygen atoms in total. The van der Waals surface area contributed by atoms with Gasteiger partial charge in [-0.2, -0.15) is 0 Å². The van der Waals surface area contributed by atoms with Crippen LogP contribution in [-0.2, 0) is 5.75 Å². The average molecular weight is 293 g/mol. The standard InChI is InChI=1S/C8H6Cl2N4S2/c9-5-1-4(2-6(10)12-5)3-15-8-14-13-7(11)16-8/h1-2H,3H2,(H2,11,13). The minimum Gasteiger partial charge on any atom is -0.374 e. The summed E-state index contributed by atoms with van der Waals surface area (Å²) in [5, 5.41) is 8.87. The molecule has 0 aliphatic heterocycles. The lowest BCUT2D eigenvalue weighted by Gasteiger charge is -2.00. The van der Waals surface area contributed by atoms with Crippen LogP contribution >= 0.6 is 46.3 Å². The maximum atomic E-state index is 5.79. The molecule has 2 heterocycles. The number of anilines is 1. The Hall–Kier alpha value is -0.560. The van der Waals surface area contributed by atoms with Gasteiger partial charge < -0.3 is 5.73 Å². The summed E-state index contributed by atoms with van der Waals surface area (Å²) >= 11 is 14.5. The normalized spacial score (nSPS) is 10.6. The average Bonchev–Trinajstić information content (AvgIpc) is 2.60. The minimum atomic E-state index is 0.389.